The van der Waals surface area contributed by atoms with Crippen molar-refractivity contribution in [1.82, 2.24) is 9.97 Å². The van der Waals surface area contributed by atoms with Gasteiger partial charge < -0.3 is 11.1 Å². The van der Waals surface area contributed by atoms with Crippen LogP contribution in [0.3, 0.4) is 0 Å². The van der Waals surface area contributed by atoms with E-state index in [9.17, 15) is 0 Å². The molecule has 0 aliphatic heterocycles. The normalized spacial score (nSPS) is 10.4. The van der Waals surface area contributed by atoms with Crippen LogP contribution in [0.4, 0.5) is 11.5 Å². The Hall–Kier alpha value is -1.62. The molecule has 0 saturated carbocycles. The van der Waals surface area contributed by atoms with Crippen molar-refractivity contribution in [2.75, 3.05) is 11.1 Å². The zero-order chi connectivity index (χ0) is 11.5. The van der Waals surface area contributed by atoms with Gasteiger partial charge >= 0.3 is 0 Å². The molecule has 0 fully saturated rings. The number of nitrogens with one attached hydrogen (secondary N) is 1. The van der Waals surface area contributed by atoms with E-state index >= 15 is 0 Å². The smallest absolute Gasteiger partial charge is 0.126 e. The van der Waals surface area contributed by atoms with Crippen LogP contribution in [-0.2, 0) is 6.54 Å². The Morgan fingerprint density at radius 3 is 2.75 bits per heavy atom. The molecule has 0 spiro atoms. The van der Waals surface area contributed by atoms with Crippen LogP contribution in [0.15, 0.2) is 18.5 Å². The molecular weight excluding hydrogens is 220 g/mol. The summed E-state index contributed by atoms with van der Waals surface area (Å²) in [5.74, 6) is 0.845. The van der Waals surface area contributed by atoms with Gasteiger partial charge in [0.25, 0.3) is 0 Å². The largest absolute Gasteiger partial charge is 0.397 e. The second-order valence-electron chi connectivity index (χ2n) is 3.63. The number of hydrogen-bond donors (Lipinski definition) is 2. The lowest BCUT2D eigenvalue weighted by atomic mass is 10.2. The lowest BCUT2D eigenvalue weighted by molar-refractivity contribution is 1.12. The Labute approximate surface area is 98.6 Å². The Morgan fingerprint density at radius 2 is 2.12 bits per heavy atom. The van der Waals surface area contributed by atoms with Gasteiger partial charge in [0.1, 0.15) is 5.82 Å². The van der Waals surface area contributed by atoms with Crippen molar-refractivity contribution in [2.24, 2.45) is 0 Å². The summed E-state index contributed by atoms with van der Waals surface area (Å²) < 4.78 is 0. The van der Waals surface area contributed by atoms with Crippen molar-refractivity contribution in [3.05, 3.63) is 33.9 Å². The van der Waals surface area contributed by atoms with Crippen molar-refractivity contribution in [2.45, 2.75) is 20.4 Å². The molecule has 0 unspecified atom stereocenters. The Bertz CT molecular complexity index is 492. The first-order valence-electron chi connectivity index (χ1n) is 5.02. The van der Waals surface area contributed by atoms with Crippen molar-refractivity contribution in [3.63, 3.8) is 0 Å². The van der Waals surface area contributed by atoms with Gasteiger partial charge in [-0.1, -0.05) is 0 Å². The molecule has 0 amide bonds. The van der Waals surface area contributed by atoms with Gasteiger partial charge in [0.05, 0.1) is 23.4 Å². The van der Waals surface area contributed by atoms with E-state index in [2.05, 4.69) is 15.3 Å². The number of aryl methyl sites for hydroxylation is 2. The third-order valence-electron chi connectivity index (χ3n) is 2.26. The van der Waals surface area contributed by atoms with Crippen LogP contribution in [0, 0.1) is 13.8 Å². The standard InChI is InChI=1S/C11H14N4S/c1-7-3-11(15-6-10(7)12)14-5-9-4-13-8(2)16-9/h3-4,6H,5,12H2,1-2H3,(H,14,15). The number of thiazole rings is 1. The van der Waals surface area contributed by atoms with Crippen molar-refractivity contribution in [1.29, 1.82) is 0 Å². The SMILES string of the molecule is Cc1ncc(CNc2cc(C)c(N)cn2)s1. The van der Waals surface area contributed by atoms with Crippen LogP contribution in [-0.4, -0.2) is 9.97 Å². The number of nitrogens with zero attached hydrogens (tertiary/aromatic N) is 2. The number of rotatable bonds is 3. The minimum Gasteiger partial charge on any atom is -0.397 e. The highest BCUT2D eigenvalue weighted by atomic mass is 32.1. The summed E-state index contributed by atoms with van der Waals surface area (Å²) in [7, 11) is 0. The fourth-order valence-electron chi connectivity index (χ4n) is 1.33. The highest BCUT2D eigenvalue weighted by Gasteiger charge is 2.00. The predicted molar refractivity (Wildman–Crippen MR) is 67.6 cm³/mol. The molecule has 0 radical (unpaired) electrons. The first-order chi connectivity index (χ1) is 7.65. The molecule has 0 aromatic carbocycles. The van der Waals surface area contributed by atoms with E-state index in [1.807, 2.05) is 26.1 Å². The van der Waals surface area contributed by atoms with Crippen LogP contribution in [0.1, 0.15) is 15.4 Å². The van der Waals surface area contributed by atoms with Gasteiger partial charge in [0, 0.05) is 11.1 Å². The first kappa shape index (κ1) is 10.9. The van der Waals surface area contributed by atoms with Crippen LogP contribution in [0.2, 0.25) is 0 Å². The predicted octanol–water partition coefficient (Wildman–Crippen LogP) is 2.35. The summed E-state index contributed by atoms with van der Waals surface area (Å²) in [5, 5.41) is 4.33. The van der Waals surface area contributed by atoms with E-state index in [4.69, 9.17) is 5.73 Å². The number of nitrogens with two attached hydrogens (primary N) is 1. The minimum atomic E-state index is 0.721. The average Bonchev–Trinajstić information content (AvgIpc) is 2.66. The van der Waals surface area contributed by atoms with Gasteiger partial charge in [-0.3, -0.25) is 0 Å². The molecule has 2 aromatic rings. The second-order valence-corrected chi connectivity index (χ2v) is 4.94. The Morgan fingerprint density at radius 1 is 1.31 bits per heavy atom. The average molecular weight is 234 g/mol. The number of anilines is 2. The first-order valence-corrected chi connectivity index (χ1v) is 5.84. The molecule has 2 aromatic heterocycles. The zero-order valence-electron chi connectivity index (χ0n) is 9.32. The monoisotopic (exact) mass is 234 g/mol. The fraction of sp³-hybridized carbons (Fsp3) is 0.273. The maximum Gasteiger partial charge on any atom is 0.126 e. The zero-order valence-corrected chi connectivity index (χ0v) is 10.1. The highest BCUT2D eigenvalue weighted by molar-refractivity contribution is 7.11. The number of aromatic nitrogens is 2. The summed E-state index contributed by atoms with van der Waals surface area (Å²) in [6.07, 6.45) is 3.56. The molecule has 84 valence electrons. The molecule has 2 rings (SSSR count). The van der Waals surface area contributed by atoms with Crippen LogP contribution in [0.25, 0.3) is 0 Å². The van der Waals surface area contributed by atoms with Gasteiger partial charge in [-0.05, 0) is 25.5 Å². The molecular formula is C11H14N4S. The molecule has 16 heavy (non-hydrogen) atoms. The van der Waals surface area contributed by atoms with Gasteiger partial charge in [-0.25, -0.2) is 9.97 Å². The van der Waals surface area contributed by atoms with E-state index in [0.29, 0.717) is 0 Å². The lowest BCUT2D eigenvalue weighted by Crippen LogP contribution is -2.01. The third-order valence-corrected chi connectivity index (χ3v) is 3.18. The fourth-order valence-corrected chi connectivity index (χ4v) is 2.06. The Balaban J connectivity index is 2.02. The molecule has 2 heterocycles. The number of nitrogen functional groups attached to an aromatic ring is 1. The highest BCUT2D eigenvalue weighted by Crippen LogP contribution is 2.16. The van der Waals surface area contributed by atoms with E-state index in [1.54, 1.807) is 17.5 Å². The topological polar surface area (TPSA) is 63.8 Å². The molecule has 0 saturated heterocycles. The van der Waals surface area contributed by atoms with E-state index in [-0.39, 0.29) is 0 Å². The molecule has 5 heteroatoms. The van der Waals surface area contributed by atoms with Gasteiger partial charge in [0.15, 0.2) is 0 Å². The summed E-state index contributed by atoms with van der Waals surface area (Å²) in [5.41, 5.74) is 7.46. The summed E-state index contributed by atoms with van der Waals surface area (Å²) in [6.45, 7) is 4.72. The number of pyridine rings is 1. The van der Waals surface area contributed by atoms with E-state index < -0.39 is 0 Å². The summed E-state index contributed by atoms with van der Waals surface area (Å²) in [6, 6.07) is 1.95. The van der Waals surface area contributed by atoms with Crippen LogP contribution >= 0.6 is 11.3 Å². The third kappa shape index (κ3) is 2.49. The van der Waals surface area contributed by atoms with Crippen molar-refractivity contribution >= 4 is 22.8 Å². The summed E-state index contributed by atoms with van der Waals surface area (Å²) in [4.78, 5) is 9.61. The van der Waals surface area contributed by atoms with Gasteiger partial charge in [0.2, 0.25) is 0 Å². The Kier molecular flexibility index (Phi) is 3.05. The maximum atomic E-state index is 5.70. The van der Waals surface area contributed by atoms with Gasteiger partial charge in [-0.15, -0.1) is 11.3 Å². The summed E-state index contributed by atoms with van der Waals surface area (Å²) >= 11 is 1.69. The number of hydrogen-bond acceptors (Lipinski definition) is 5. The molecule has 3 N–H and O–H groups in total. The van der Waals surface area contributed by atoms with Crippen molar-refractivity contribution < 1.29 is 0 Å². The molecule has 0 aliphatic rings. The molecule has 0 atom stereocenters. The molecule has 4 nitrogen and oxygen atoms in total. The molecule has 0 aliphatic carbocycles. The van der Waals surface area contributed by atoms with Crippen LogP contribution in [0.5, 0.6) is 0 Å². The van der Waals surface area contributed by atoms with E-state index in [1.165, 1.54) is 4.88 Å². The van der Waals surface area contributed by atoms with Crippen LogP contribution < -0.4 is 11.1 Å². The lowest BCUT2D eigenvalue weighted by Gasteiger charge is -2.05. The maximum absolute atomic E-state index is 5.70. The van der Waals surface area contributed by atoms with E-state index in [0.717, 1.165) is 28.6 Å². The molecule has 0 bridgehead atoms. The quantitative estimate of drug-likeness (QED) is 0.855. The van der Waals surface area contributed by atoms with Gasteiger partial charge in [-0.2, -0.15) is 0 Å². The van der Waals surface area contributed by atoms with Crippen molar-refractivity contribution in [3.8, 4) is 0 Å². The minimum absolute atomic E-state index is 0.721. The second kappa shape index (κ2) is 4.49.